The van der Waals surface area contributed by atoms with Gasteiger partial charge in [-0.2, -0.15) is 0 Å². The summed E-state index contributed by atoms with van der Waals surface area (Å²) in [6, 6.07) is 3.36. The van der Waals surface area contributed by atoms with Crippen molar-refractivity contribution in [3.05, 3.63) is 23.9 Å². The number of aliphatic hydroxyl groups excluding tert-OH is 1. The topological polar surface area (TPSA) is 62.7 Å². The monoisotopic (exact) mass is 278 g/mol. The molecule has 0 aromatic carbocycles. The number of hydrogen-bond acceptors (Lipinski definition) is 4. The second kappa shape index (κ2) is 6.70. The second-order valence-electron chi connectivity index (χ2n) is 5.27. The van der Waals surface area contributed by atoms with Crippen molar-refractivity contribution in [2.75, 3.05) is 13.1 Å². The molecule has 5 nitrogen and oxygen atoms in total. The number of likely N-dealkylation sites (tertiary alicyclic amines) is 1. The highest BCUT2D eigenvalue weighted by molar-refractivity contribution is 5.94. The molecule has 0 bridgehead atoms. The van der Waals surface area contributed by atoms with Crippen LogP contribution >= 0.6 is 0 Å². The number of carbonyl (C=O) groups is 1. The molecule has 0 radical (unpaired) electrons. The molecule has 0 saturated carbocycles. The number of β-amino-alcohol motifs (C(OH)–C–C–N with tert-alkyl or cyclic N) is 1. The Labute approximate surface area is 119 Å². The number of ether oxygens (including phenoxy) is 1. The first kappa shape index (κ1) is 14.8. The van der Waals surface area contributed by atoms with E-state index in [9.17, 15) is 9.90 Å². The summed E-state index contributed by atoms with van der Waals surface area (Å²) in [6.45, 7) is 5.11. The van der Waals surface area contributed by atoms with Gasteiger partial charge in [0.2, 0.25) is 5.88 Å². The molecular weight excluding hydrogens is 256 g/mol. The predicted molar refractivity (Wildman–Crippen MR) is 75.8 cm³/mol. The minimum atomic E-state index is -0.412. The van der Waals surface area contributed by atoms with Crippen molar-refractivity contribution in [1.29, 1.82) is 0 Å². The number of piperidine rings is 1. The van der Waals surface area contributed by atoms with Gasteiger partial charge in [-0.1, -0.05) is 6.92 Å². The number of aromatic nitrogens is 1. The maximum Gasteiger partial charge on any atom is 0.254 e. The molecule has 1 aliphatic rings. The van der Waals surface area contributed by atoms with Gasteiger partial charge in [0.25, 0.3) is 5.91 Å². The molecule has 1 saturated heterocycles. The molecule has 1 aromatic rings. The number of amides is 1. The summed E-state index contributed by atoms with van der Waals surface area (Å²) in [5, 5.41) is 9.65. The van der Waals surface area contributed by atoms with Crippen LogP contribution in [-0.4, -0.2) is 46.2 Å². The van der Waals surface area contributed by atoms with Crippen molar-refractivity contribution in [2.45, 2.75) is 45.3 Å². The Hall–Kier alpha value is -1.62. The average molecular weight is 278 g/mol. The maximum absolute atomic E-state index is 12.4. The van der Waals surface area contributed by atoms with Crippen molar-refractivity contribution in [3.8, 4) is 5.88 Å². The van der Waals surface area contributed by atoms with Crippen LogP contribution in [0.4, 0.5) is 0 Å². The number of hydrogen-bond donors (Lipinski definition) is 1. The van der Waals surface area contributed by atoms with Crippen LogP contribution in [0.3, 0.4) is 0 Å². The van der Waals surface area contributed by atoms with E-state index in [0.717, 1.165) is 19.3 Å². The summed E-state index contributed by atoms with van der Waals surface area (Å²) in [7, 11) is 0. The third-order valence-electron chi connectivity index (χ3n) is 3.56. The zero-order valence-electron chi connectivity index (χ0n) is 12.1. The largest absolute Gasteiger partial charge is 0.475 e. The minimum absolute atomic E-state index is 0.0693. The lowest BCUT2D eigenvalue weighted by Crippen LogP contribution is -2.42. The van der Waals surface area contributed by atoms with Gasteiger partial charge in [0, 0.05) is 30.9 Å². The molecule has 2 heterocycles. The Balaban J connectivity index is 2.07. The van der Waals surface area contributed by atoms with E-state index in [1.54, 1.807) is 23.2 Å². The summed E-state index contributed by atoms with van der Waals surface area (Å²) in [5.41, 5.74) is 0.562. The van der Waals surface area contributed by atoms with E-state index in [1.165, 1.54) is 0 Å². The summed E-state index contributed by atoms with van der Waals surface area (Å²) in [6.07, 6.45) is 3.75. The van der Waals surface area contributed by atoms with Gasteiger partial charge >= 0.3 is 0 Å². The molecule has 0 aliphatic carbocycles. The van der Waals surface area contributed by atoms with Gasteiger partial charge in [0.15, 0.2) is 0 Å². The third kappa shape index (κ3) is 3.70. The second-order valence-corrected chi connectivity index (χ2v) is 5.27. The smallest absolute Gasteiger partial charge is 0.254 e. The van der Waals surface area contributed by atoms with E-state index in [-0.39, 0.29) is 12.0 Å². The normalized spacial score (nSPS) is 20.6. The standard InChI is InChI=1S/C15H22N2O3/c1-3-11(2)20-14-9-12(6-7-16-14)15(19)17-8-4-5-13(18)10-17/h6-7,9,11,13,18H,3-5,8,10H2,1-2H3. The number of nitrogens with zero attached hydrogens (tertiary/aromatic N) is 2. The highest BCUT2D eigenvalue weighted by atomic mass is 16.5. The first-order chi connectivity index (χ1) is 9.60. The molecule has 2 atom stereocenters. The molecular formula is C15H22N2O3. The molecule has 2 unspecified atom stereocenters. The lowest BCUT2D eigenvalue weighted by Gasteiger charge is -2.30. The maximum atomic E-state index is 12.4. The molecule has 1 fully saturated rings. The van der Waals surface area contributed by atoms with Crippen molar-refractivity contribution in [2.24, 2.45) is 0 Å². The van der Waals surface area contributed by atoms with Crippen LogP contribution in [0.2, 0.25) is 0 Å². The van der Waals surface area contributed by atoms with E-state index in [4.69, 9.17) is 4.74 Å². The number of pyridine rings is 1. The predicted octanol–water partition coefficient (Wildman–Crippen LogP) is 1.86. The molecule has 0 spiro atoms. The van der Waals surface area contributed by atoms with Gasteiger partial charge in [-0.25, -0.2) is 4.98 Å². The van der Waals surface area contributed by atoms with E-state index in [1.807, 2.05) is 13.8 Å². The van der Waals surface area contributed by atoms with Gasteiger partial charge in [-0.05, 0) is 32.3 Å². The van der Waals surface area contributed by atoms with Crippen LogP contribution < -0.4 is 4.74 Å². The minimum Gasteiger partial charge on any atom is -0.475 e. The van der Waals surface area contributed by atoms with Crippen LogP contribution in [0.1, 0.15) is 43.5 Å². The number of rotatable bonds is 4. The van der Waals surface area contributed by atoms with Crippen molar-refractivity contribution >= 4 is 5.91 Å². The fourth-order valence-electron chi connectivity index (χ4n) is 2.22. The summed E-state index contributed by atoms with van der Waals surface area (Å²) >= 11 is 0. The van der Waals surface area contributed by atoms with Gasteiger partial charge < -0.3 is 14.7 Å². The SMILES string of the molecule is CCC(C)Oc1cc(C(=O)N2CCCC(O)C2)ccn1. The summed E-state index contributed by atoms with van der Waals surface area (Å²) in [5.74, 6) is 0.405. The van der Waals surface area contributed by atoms with Crippen molar-refractivity contribution in [1.82, 2.24) is 9.88 Å². The van der Waals surface area contributed by atoms with Crippen molar-refractivity contribution in [3.63, 3.8) is 0 Å². The molecule has 110 valence electrons. The zero-order valence-corrected chi connectivity index (χ0v) is 12.1. The fourth-order valence-corrected chi connectivity index (χ4v) is 2.22. The summed E-state index contributed by atoms with van der Waals surface area (Å²) in [4.78, 5) is 18.2. The highest BCUT2D eigenvalue weighted by Gasteiger charge is 2.23. The molecule has 20 heavy (non-hydrogen) atoms. The quantitative estimate of drug-likeness (QED) is 0.913. The van der Waals surface area contributed by atoms with Crippen LogP contribution in [0.25, 0.3) is 0 Å². The number of carbonyl (C=O) groups excluding carboxylic acids is 1. The van der Waals surface area contributed by atoms with E-state index in [2.05, 4.69) is 4.98 Å². The zero-order chi connectivity index (χ0) is 14.5. The lowest BCUT2D eigenvalue weighted by molar-refractivity contribution is 0.0473. The highest BCUT2D eigenvalue weighted by Crippen LogP contribution is 2.17. The Morgan fingerprint density at radius 2 is 2.45 bits per heavy atom. The molecule has 1 N–H and O–H groups in total. The molecule has 1 aliphatic heterocycles. The van der Waals surface area contributed by atoms with Crippen LogP contribution in [0, 0.1) is 0 Å². The van der Waals surface area contributed by atoms with Crippen LogP contribution in [-0.2, 0) is 0 Å². The Morgan fingerprint density at radius 1 is 1.65 bits per heavy atom. The number of aliphatic hydroxyl groups is 1. The van der Waals surface area contributed by atoms with Crippen LogP contribution in [0.15, 0.2) is 18.3 Å². The van der Waals surface area contributed by atoms with E-state index in [0.29, 0.717) is 24.5 Å². The van der Waals surface area contributed by atoms with Gasteiger partial charge in [0.05, 0.1) is 12.2 Å². The first-order valence-electron chi connectivity index (χ1n) is 7.20. The van der Waals surface area contributed by atoms with Crippen LogP contribution in [0.5, 0.6) is 5.88 Å². The van der Waals surface area contributed by atoms with Gasteiger partial charge in [-0.3, -0.25) is 4.79 Å². The van der Waals surface area contributed by atoms with E-state index < -0.39 is 6.10 Å². The molecule has 1 aromatic heterocycles. The van der Waals surface area contributed by atoms with Gasteiger partial charge in [-0.15, -0.1) is 0 Å². The Bertz CT molecular complexity index is 464. The Morgan fingerprint density at radius 3 is 3.15 bits per heavy atom. The summed E-state index contributed by atoms with van der Waals surface area (Å²) < 4.78 is 5.63. The van der Waals surface area contributed by atoms with E-state index >= 15 is 0 Å². The lowest BCUT2D eigenvalue weighted by atomic mass is 10.1. The van der Waals surface area contributed by atoms with Gasteiger partial charge in [0.1, 0.15) is 0 Å². The Kier molecular flexibility index (Phi) is 4.95. The molecule has 2 rings (SSSR count). The van der Waals surface area contributed by atoms with Crippen molar-refractivity contribution < 1.29 is 14.6 Å². The molecule has 1 amide bonds. The molecule has 5 heteroatoms. The third-order valence-corrected chi connectivity index (χ3v) is 3.56. The average Bonchev–Trinajstić information content (AvgIpc) is 2.46. The first-order valence-corrected chi connectivity index (χ1v) is 7.20. The fraction of sp³-hybridized carbons (Fsp3) is 0.600.